The van der Waals surface area contributed by atoms with Crippen LogP contribution in [0.3, 0.4) is 0 Å². The summed E-state index contributed by atoms with van der Waals surface area (Å²) in [6.45, 7) is 2.71. The number of halogens is 2. The van der Waals surface area contributed by atoms with E-state index in [9.17, 15) is 9.90 Å². The van der Waals surface area contributed by atoms with E-state index in [2.05, 4.69) is 38.1 Å². The van der Waals surface area contributed by atoms with Gasteiger partial charge in [0.15, 0.2) is 0 Å². The number of pyridine rings is 2. The molecule has 5 N–H and O–H groups in total. The summed E-state index contributed by atoms with van der Waals surface area (Å²) < 4.78 is 7.76. The first kappa shape index (κ1) is 34.4. The molecule has 2 aliphatic rings. The van der Waals surface area contributed by atoms with E-state index in [1.807, 2.05) is 61.8 Å². The van der Waals surface area contributed by atoms with Gasteiger partial charge in [-0.15, -0.1) is 0 Å². The third kappa shape index (κ3) is 7.23. The van der Waals surface area contributed by atoms with E-state index in [0.717, 1.165) is 75.8 Å². The molecule has 0 bridgehead atoms. The van der Waals surface area contributed by atoms with Crippen LogP contribution in [-0.4, -0.2) is 64.1 Å². The molecular formula is C38H41Cl2N7O3. The lowest BCUT2D eigenvalue weighted by molar-refractivity contribution is -0.119. The standard InChI is InChI=1S/C38H41Cl2N7O3/c1-47-21-24(17-42-20-26-11-14-34(49)45-26)37-32(47)15-23(18-43-37)27-5-3-6-28(35(27)39)29-7-4-8-30(36(29)40)31-12-9-22(38(46-31)50-2)16-41-19-25-10-13-33(48)44-25/h3-9,12,15,18,21,25-26,34,41-42,45,49H,10-11,13-14,16-17,19-20H2,1-2H3,(H,44,48)/t25-,26-,34?/m1/s1. The van der Waals surface area contributed by atoms with Crippen LogP contribution in [0.15, 0.2) is 67.0 Å². The summed E-state index contributed by atoms with van der Waals surface area (Å²) in [4.78, 5) is 21.2. The molecule has 1 amide bonds. The van der Waals surface area contributed by atoms with Gasteiger partial charge < -0.3 is 30.4 Å². The van der Waals surface area contributed by atoms with Crippen LogP contribution in [0.4, 0.5) is 0 Å². The molecule has 260 valence electrons. The first-order valence-electron chi connectivity index (χ1n) is 17.0. The Morgan fingerprint density at radius 1 is 0.920 bits per heavy atom. The topological polar surface area (TPSA) is 125 Å². The maximum atomic E-state index is 11.5. The zero-order valence-electron chi connectivity index (χ0n) is 28.1. The predicted octanol–water partition coefficient (Wildman–Crippen LogP) is 5.81. The summed E-state index contributed by atoms with van der Waals surface area (Å²) in [6.07, 6.45) is 6.74. The molecular weight excluding hydrogens is 673 g/mol. The highest BCUT2D eigenvalue weighted by atomic mass is 35.5. The van der Waals surface area contributed by atoms with Gasteiger partial charge in [-0.3, -0.25) is 15.1 Å². The molecule has 3 aromatic heterocycles. The van der Waals surface area contributed by atoms with Crippen LogP contribution < -0.4 is 26.0 Å². The van der Waals surface area contributed by atoms with Gasteiger partial charge >= 0.3 is 0 Å². The number of aliphatic hydroxyl groups excluding tert-OH is 1. The number of fused-ring (bicyclic) bond motifs is 1. The van der Waals surface area contributed by atoms with E-state index in [4.69, 9.17) is 37.9 Å². The van der Waals surface area contributed by atoms with Crippen LogP contribution in [0.5, 0.6) is 5.88 Å². The summed E-state index contributed by atoms with van der Waals surface area (Å²) in [6, 6.07) is 18.3. The fourth-order valence-electron chi connectivity index (χ4n) is 6.99. The minimum atomic E-state index is -0.406. The van der Waals surface area contributed by atoms with Gasteiger partial charge in [-0.05, 0) is 31.4 Å². The van der Waals surface area contributed by atoms with Crippen LogP contribution in [0, 0.1) is 0 Å². The highest BCUT2D eigenvalue weighted by Crippen LogP contribution is 2.42. The molecule has 0 saturated carbocycles. The number of hydrogen-bond donors (Lipinski definition) is 5. The molecule has 5 aromatic rings. The van der Waals surface area contributed by atoms with Crippen molar-refractivity contribution in [1.29, 1.82) is 0 Å². The van der Waals surface area contributed by atoms with Crippen molar-refractivity contribution in [1.82, 2.24) is 35.8 Å². The number of aliphatic hydroxyl groups is 1. The maximum Gasteiger partial charge on any atom is 0.220 e. The van der Waals surface area contributed by atoms with Gasteiger partial charge in [0.1, 0.15) is 6.23 Å². The van der Waals surface area contributed by atoms with Crippen molar-refractivity contribution in [3.05, 3.63) is 88.2 Å². The van der Waals surface area contributed by atoms with E-state index in [-0.39, 0.29) is 18.0 Å². The number of carbonyl (C=O) groups excluding carboxylic acids is 1. The summed E-state index contributed by atoms with van der Waals surface area (Å²) in [5.74, 6) is 0.618. The summed E-state index contributed by atoms with van der Waals surface area (Å²) >= 11 is 14.3. The second kappa shape index (κ2) is 15.1. The predicted molar refractivity (Wildman–Crippen MR) is 198 cm³/mol. The van der Waals surface area contributed by atoms with E-state index in [0.29, 0.717) is 47.7 Å². The number of benzene rings is 2. The van der Waals surface area contributed by atoms with Gasteiger partial charge in [0, 0.05) is 103 Å². The number of aromatic nitrogens is 3. The molecule has 0 spiro atoms. The minimum absolute atomic E-state index is 0.104. The number of ether oxygens (including phenoxy) is 1. The number of nitrogens with one attached hydrogen (secondary N) is 4. The van der Waals surface area contributed by atoms with E-state index < -0.39 is 6.23 Å². The summed E-state index contributed by atoms with van der Waals surface area (Å²) in [5.41, 5.74) is 8.82. The van der Waals surface area contributed by atoms with Gasteiger partial charge in [0.05, 0.1) is 33.9 Å². The van der Waals surface area contributed by atoms with Crippen molar-refractivity contribution in [3.63, 3.8) is 0 Å². The van der Waals surface area contributed by atoms with E-state index >= 15 is 0 Å². The first-order chi connectivity index (χ1) is 24.3. The molecule has 2 saturated heterocycles. The molecule has 10 nitrogen and oxygen atoms in total. The molecule has 2 fully saturated rings. The number of amides is 1. The Bertz CT molecular complexity index is 2030. The largest absolute Gasteiger partial charge is 0.481 e. The minimum Gasteiger partial charge on any atom is -0.481 e. The Morgan fingerprint density at radius 3 is 2.32 bits per heavy atom. The zero-order chi connectivity index (χ0) is 34.8. The number of carbonyl (C=O) groups is 1. The fraction of sp³-hybridized carbons (Fsp3) is 0.342. The molecule has 1 unspecified atom stereocenters. The number of hydrogen-bond acceptors (Lipinski definition) is 8. The van der Waals surface area contributed by atoms with Crippen molar-refractivity contribution in [2.75, 3.05) is 20.2 Å². The normalized spacial score (nSPS) is 19.0. The lowest BCUT2D eigenvalue weighted by atomic mass is 9.97. The lowest BCUT2D eigenvalue weighted by Gasteiger charge is -2.16. The second-order valence-electron chi connectivity index (χ2n) is 13.1. The number of rotatable bonds is 12. The average Bonchev–Trinajstić information content (AvgIpc) is 3.83. The van der Waals surface area contributed by atoms with Gasteiger partial charge in [0.25, 0.3) is 0 Å². The molecule has 0 radical (unpaired) electrons. The van der Waals surface area contributed by atoms with Crippen LogP contribution in [-0.2, 0) is 24.9 Å². The van der Waals surface area contributed by atoms with Gasteiger partial charge in [-0.1, -0.05) is 65.7 Å². The van der Waals surface area contributed by atoms with Crippen molar-refractivity contribution in [3.8, 4) is 39.4 Å². The van der Waals surface area contributed by atoms with Gasteiger partial charge in [0.2, 0.25) is 11.8 Å². The molecule has 2 aliphatic heterocycles. The van der Waals surface area contributed by atoms with Crippen LogP contribution in [0.1, 0.15) is 36.8 Å². The summed E-state index contributed by atoms with van der Waals surface area (Å²) in [7, 11) is 3.63. The van der Waals surface area contributed by atoms with Crippen molar-refractivity contribution in [2.24, 2.45) is 7.05 Å². The molecule has 2 aromatic carbocycles. The molecule has 5 heterocycles. The Labute approximate surface area is 301 Å². The fourth-order valence-corrected chi connectivity index (χ4v) is 7.65. The van der Waals surface area contributed by atoms with Crippen LogP contribution >= 0.6 is 23.2 Å². The zero-order valence-corrected chi connectivity index (χ0v) is 29.6. The maximum absolute atomic E-state index is 11.5. The van der Waals surface area contributed by atoms with Crippen molar-refractivity contribution < 1.29 is 14.6 Å². The van der Waals surface area contributed by atoms with Crippen molar-refractivity contribution >= 4 is 40.1 Å². The Balaban J connectivity index is 1.11. The smallest absolute Gasteiger partial charge is 0.220 e. The van der Waals surface area contributed by atoms with E-state index in [1.54, 1.807) is 7.11 Å². The first-order valence-corrected chi connectivity index (χ1v) is 17.8. The van der Waals surface area contributed by atoms with Gasteiger partial charge in [-0.2, -0.15) is 0 Å². The quantitative estimate of drug-likeness (QED) is 0.110. The second-order valence-corrected chi connectivity index (χ2v) is 13.8. The highest BCUT2D eigenvalue weighted by molar-refractivity contribution is 6.39. The van der Waals surface area contributed by atoms with Gasteiger partial charge in [-0.25, -0.2) is 4.98 Å². The lowest BCUT2D eigenvalue weighted by Crippen LogP contribution is -2.37. The molecule has 12 heteroatoms. The van der Waals surface area contributed by atoms with Crippen LogP contribution in [0.2, 0.25) is 10.0 Å². The number of methoxy groups -OCH3 is 1. The molecule has 50 heavy (non-hydrogen) atoms. The van der Waals surface area contributed by atoms with Crippen LogP contribution in [0.25, 0.3) is 44.5 Å². The molecule has 3 atom stereocenters. The number of aryl methyl sites for hydroxylation is 1. The third-order valence-electron chi connectivity index (χ3n) is 9.62. The Morgan fingerprint density at radius 2 is 1.62 bits per heavy atom. The average molecular weight is 715 g/mol. The number of nitrogens with zero attached hydrogens (tertiary/aromatic N) is 3. The third-order valence-corrected chi connectivity index (χ3v) is 10.4. The summed E-state index contributed by atoms with van der Waals surface area (Å²) in [5, 5.41) is 24.0. The highest BCUT2D eigenvalue weighted by Gasteiger charge is 2.23. The SMILES string of the molecule is COc1nc(-c2cccc(-c3cccc(-c4cnc5c(CNC[C@H]6CCC(O)N6)cn(C)c5c4)c3Cl)c2Cl)ccc1CNC[C@H]1CCC(=O)N1. The Hall–Kier alpha value is -4.03. The monoisotopic (exact) mass is 713 g/mol. The Kier molecular flexibility index (Phi) is 10.4. The molecule has 7 rings (SSSR count). The van der Waals surface area contributed by atoms with Crippen molar-refractivity contribution in [2.45, 2.75) is 57.1 Å². The van der Waals surface area contributed by atoms with E-state index in [1.165, 1.54) is 0 Å². The molecule has 0 aliphatic carbocycles.